The minimum atomic E-state index is -0.321. The van der Waals surface area contributed by atoms with Crippen molar-refractivity contribution in [2.75, 3.05) is 22.2 Å². The Morgan fingerprint density at radius 2 is 1.84 bits per heavy atom. The minimum absolute atomic E-state index is 0.0327. The maximum absolute atomic E-state index is 12.1. The second-order valence-corrected chi connectivity index (χ2v) is 5.53. The molecule has 25 heavy (non-hydrogen) atoms. The van der Waals surface area contributed by atoms with E-state index >= 15 is 0 Å². The molecule has 0 aliphatic carbocycles. The highest BCUT2D eigenvalue weighted by atomic mass is 16.3. The van der Waals surface area contributed by atoms with Gasteiger partial charge >= 0.3 is 6.03 Å². The number of aliphatic hydroxyl groups is 1. The molecule has 0 spiro atoms. The highest BCUT2D eigenvalue weighted by Gasteiger charge is 2.05. The van der Waals surface area contributed by atoms with Gasteiger partial charge in [0.25, 0.3) is 0 Å². The van der Waals surface area contributed by atoms with Gasteiger partial charge in [0.2, 0.25) is 0 Å². The van der Waals surface area contributed by atoms with Gasteiger partial charge in [-0.25, -0.2) is 10.6 Å². The fourth-order valence-electron chi connectivity index (χ4n) is 2.16. The number of hydrogen-bond acceptors (Lipinski definition) is 5. The smallest absolute Gasteiger partial charge is 0.323 e. The number of hydrazine groups is 1. The minimum Gasteiger partial charge on any atom is -0.401 e. The number of urea groups is 1. The van der Waals surface area contributed by atoms with Crippen LogP contribution in [-0.2, 0) is 0 Å². The zero-order chi connectivity index (χ0) is 18.2. The van der Waals surface area contributed by atoms with Gasteiger partial charge in [-0.15, -0.1) is 0 Å². The second-order valence-electron chi connectivity index (χ2n) is 5.53. The van der Waals surface area contributed by atoms with Crippen LogP contribution >= 0.6 is 0 Å². The van der Waals surface area contributed by atoms with E-state index in [0.29, 0.717) is 23.5 Å². The van der Waals surface area contributed by atoms with Crippen molar-refractivity contribution in [2.45, 2.75) is 13.3 Å². The molecule has 132 valence electrons. The quantitative estimate of drug-likeness (QED) is 0.409. The number of aryl methyl sites for hydroxylation is 1. The molecule has 0 radical (unpaired) electrons. The largest absolute Gasteiger partial charge is 0.401 e. The fraction of sp³-hybridized carbons (Fsp3) is 0.167. The van der Waals surface area contributed by atoms with E-state index in [0.717, 1.165) is 11.3 Å². The number of benzene rings is 2. The lowest BCUT2D eigenvalue weighted by atomic mass is 10.2. The van der Waals surface area contributed by atoms with Gasteiger partial charge in [0.05, 0.1) is 5.69 Å². The maximum Gasteiger partial charge on any atom is 0.323 e. The monoisotopic (exact) mass is 341 g/mol. The molecule has 0 unspecified atom stereocenters. The van der Waals surface area contributed by atoms with Crippen molar-refractivity contribution >= 4 is 23.1 Å². The Morgan fingerprint density at radius 3 is 2.48 bits per heavy atom. The van der Waals surface area contributed by atoms with Crippen LogP contribution in [0.4, 0.5) is 21.9 Å². The summed E-state index contributed by atoms with van der Waals surface area (Å²) in [6, 6.07) is 14.2. The highest BCUT2D eigenvalue weighted by molar-refractivity contribution is 6.00. The first kappa shape index (κ1) is 18.3. The van der Waals surface area contributed by atoms with E-state index in [2.05, 4.69) is 10.6 Å². The number of carbonyl (C=O) groups excluding carboxylic acids is 1. The summed E-state index contributed by atoms with van der Waals surface area (Å²) >= 11 is 0. The van der Waals surface area contributed by atoms with Crippen molar-refractivity contribution in [2.24, 2.45) is 11.6 Å². The standard InChI is InChI=1S/C18H23N5O2/c1-13-4-2-3-5-17(13)22-18(25)21-15-6-8-16(9-7-15)23(20)12-14(19)10-11-24/h2-9,12,24H,10-11,19-20H2,1H3,(H2,21,22,25)/b14-12-. The summed E-state index contributed by atoms with van der Waals surface area (Å²) in [7, 11) is 0. The van der Waals surface area contributed by atoms with Crippen LogP contribution in [0.25, 0.3) is 0 Å². The molecule has 2 amide bonds. The maximum atomic E-state index is 12.1. The van der Waals surface area contributed by atoms with E-state index in [1.165, 1.54) is 5.01 Å². The van der Waals surface area contributed by atoms with E-state index in [1.807, 2.05) is 31.2 Å². The average molecular weight is 341 g/mol. The van der Waals surface area contributed by atoms with Crippen LogP contribution in [0.3, 0.4) is 0 Å². The van der Waals surface area contributed by atoms with Gasteiger partial charge in [0, 0.05) is 36.3 Å². The van der Waals surface area contributed by atoms with Crippen molar-refractivity contribution in [3.63, 3.8) is 0 Å². The van der Waals surface area contributed by atoms with E-state index < -0.39 is 0 Å². The molecule has 7 heteroatoms. The van der Waals surface area contributed by atoms with E-state index in [4.69, 9.17) is 16.7 Å². The zero-order valence-electron chi connectivity index (χ0n) is 14.1. The van der Waals surface area contributed by atoms with Crippen LogP contribution < -0.4 is 27.2 Å². The molecule has 2 aromatic carbocycles. The summed E-state index contributed by atoms with van der Waals surface area (Å²) in [5.41, 5.74) is 9.27. The molecule has 0 saturated heterocycles. The molecule has 7 nitrogen and oxygen atoms in total. The normalized spacial score (nSPS) is 11.1. The van der Waals surface area contributed by atoms with Gasteiger partial charge < -0.3 is 21.5 Å². The number of rotatable bonds is 6. The molecule has 7 N–H and O–H groups in total. The molecule has 0 fully saturated rings. The third-order valence-electron chi connectivity index (χ3n) is 3.52. The molecule has 0 saturated carbocycles. The van der Waals surface area contributed by atoms with Gasteiger partial charge in [-0.05, 0) is 42.8 Å². The van der Waals surface area contributed by atoms with Gasteiger partial charge in [0.15, 0.2) is 0 Å². The lowest BCUT2D eigenvalue weighted by molar-refractivity contribution is 0.262. The summed E-state index contributed by atoms with van der Waals surface area (Å²) in [4.78, 5) is 12.1. The molecule has 0 atom stereocenters. The highest BCUT2D eigenvalue weighted by Crippen LogP contribution is 2.18. The molecule has 0 aromatic heterocycles. The molecule has 0 aliphatic heterocycles. The summed E-state index contributed by atoms with van der Waals surface area (Å²) in [5.74, 6) is 5.89. The Labute approximate surface area is 146 Å². The van der Waals surface area contributed by atoms with Crippen LogP contribution in [-0.4, -0.2) is 17.7 Å². The molecular weight excluding hydrogens is 318 g/mol. The number of aliphatic hydroxyl groups excluding tert-OH is 1. The second kappa shape index (κ2) is 8.72. The van der Waals surface area contributed by atoms with Crippen LogP contribution in [0.5, 0.6) is 0 Å². The Balaban J connectivity index is 1.97. The molecule has 2 aromatic rings. The van der Waals surface area contributed by atoms with Gasteiger partial charge in [-0.3, -0.25) is 5.01 Å². The molecule has 0 heterocycles. The van der Waals surface area contributed by atoms with Gasteiger partial charge in [-0.1, -0.05) is 18.2 Å². The molecule has 2 rings (SSSR count). The van der Waals surface area contributed by atoms with Gasteiger partial charge in [-0.2, -0.15) is 0 Å². The first-order valence-corrected chi connectivity index (χ1v) is 7.84. The Bertz CT molecular complexity index is 743. The van der Waals surface area contributed by atoms with Crippen molar-refractivity contribution in [1.82, 2.24) is 0 Å². The van der Waals surface area contributed by atoms with Crippen LogP contribution in [0, 0.1) is 6.92 Å². The van der Waals surface area contributed by atoms with Crippen molar-refractivity contribution in [3.05, 3.63) is 66.0 Å². The first-order chi connectivity index (χ1) is 12.0. The fourth-order valence-corrected chi connectivity index (χ4v) is 2.16. The van der Waals surface area contributed by atoms with Crippen molar-refractivity contribution in [1.29, 1.82) is 0 Å². The number of nitrogens with one attached hydrogen (secondary N) is 2. The number of carbonyl (C=O) groups is 1. The van der Waals surface area contributed by atoms with Crippen molar-refractivity contribution in [3.8, 4) is 0 Å². The number of anilines is 3. The lowest BCUT2D eigenvalue weighted by Crippen LogP contribution is -2.26. The van der Waals surface area contributed by atoms with Gasteiger partial charge in [0.1, 0.15) is 0 Å². The number of nitrogens with two attached hydrogens (primary N) is 2. The molecule has 0 aliphatic rings. The summed E-state index contributed by atoms with van der Waals surface area (Å²) in [6.07, 6.45) is 1.90. The van der Waals surface area contributed by atoms with E-state index in [1.54, 1.807) is 30.5 Å². The predicted octanol–water partition coefficient (Wildman–Crippen LogP) is 2.50. The van der Waals surface area contributed by atoms with Crippen molar-refractivity contribution < 1.29 is 9.90 Å². The Kier molecular flexibility index (Phi) is 6.39. The predicted molar refractivity (Wildman–Crippen MR) is 101 cm³/mol. The third-order valence-corrected chi connectivity index (χ3v) is 3.52. The third kappa shape index (κ3) is 5.52. The molecule has 0 bridgehead atoms. The summed E-state index contributed by atoms with van der Waals surface area (Å²) < 4.78 is 0. The number of hydrogen-bond donors (Lipinski definition) is 5. The Morgan fingerprint density at radius 1 is 1.16 bits per heavy atom. The Hall–Kier alpha value is -3.03. The first-order valence-electron chi connectivity index (χ1n) is 7.84. The average Bonchev–Trinajstić information content (AvgIpc) is 2.57. The SMILES string of the molecule is Cc1ccccc1NC(=O)Nc1ccc(N(N)/C=C(\N)CCO)cc1. The zero-order valence-corrected chi connectivity index (χ0v) is 14.1. The van der Waals surface area contributed by atoms with E-state index in [-0.39, 0.29) is 12.6 Å². The number of amides is 2. The lowest BCUT2D eigenvalue weighted by Gasteiger charge is -2.16. The molecular formula is C18H23N5O2. The van der Waals surface area contributed by atoms with E-state index in [9.17, 15) is 4.79 Å². The van der Waals surface area contributed by atoms with Crippen LogP contribution in [0.15, 0.2) is 60.4 Å². The topological polar surface area (TPSA) is 117 Å². The number of nitrogens with zero attached hydrogens (tertiary/aromatic N) is 1. The van der Waals surface area contributed by atoms with Crippen LogP contribution in [0.2, 0.25) is 0 Å². The number of para-hydroxylation sites is 1. The van der Waals surface area contributed by atoms with Crippen LogP contribution in [0.1, 0.15) is 12.0 Å². The summed E-state index contributed by atoms with van der Waals surface area (Å²) in [5, 5.41) is 15.8. The summed E-state index contributed by atoms with van der Waals surface area (Å²) in [6.45, 7) is 1.89.